The van der Waals surface area contributed by atoms with Crippen LogP contribution in [0, 0.1) is 0 Å². The number of aliphatic imine (C=N–C) groups is 1. The van der Waals surface area contributed by atoms with Crippen LogP contribution in [0.2, 0.25) is 0 Å². The smallest absolute Gasteiger partial charge is 0.257 e. The van der Waals surface area contributed by atoms with Gasteiger partial charge in [-0.25, -0.2) is 4.99 Å². The molecule has 1 amide bonds. The Morgan fingerprint density at radius 1 is 1.32 bits per heavy atom. The molecule has 0 fully saturated rings. The zero-order valence-electron chi connectivity index (χ0n) is 11.6. The number of allylic oxidation sites excluding steroid dienone is 1. The highest BCUT2D eigenvalue weighted by atomic mass is 16.2. The molecule has 1 N–H and O–H groups in total. The first-order valence-corrected chi connectivity index (χ1v) is 6.39. The fourth-order valence-electron chi connectivity index (χ4n) is 1.93. The Morgan fingerprint density at radius 3 is 2.63 bits per heavy atom. The molecule has 0 spiro atoms. The van der Waals surface area contributed by atoms with Gasteiger partial charge in [0.2, 0.25) is 5.96 Å². The molecule has 0 unspecified atom stereocenters. The molecule has 4 heteroatoms. The zero-order valence-corrected chi connectivity index (χ0v) is 11.6. The van der Waals surface area contributed by atoms with E-state index in [1.165, 1.54) is 0 Å². The average molecular weight is 257 g/mol. The summed E-state index contributed by atoms with van der Waals surface area (Å²) in [5.74, 6) is 0.628. The number of nitrogens with one attached hydrogen (secondary N) is 1. The van der Waals surface area contributed by atoms with E-state index in [-0.39, 0.29) is 5.91 Å². The van der Waals surface area contributed by atoms with Gasteiger partial charge in [0, 0.05) is 12.2 Å². The lowest BCUT2D eigenvalue weighted by molar-refractivity contribution is -0.129. The summed E-state index contributed by atoms with van der Waals surface area (Å²) in [7, 11) is 0. The second-order valence-corrected chi connectivity index (χ2v) is 4.97. The predicted molar refractivity (Wildman–Crippen MR) is 78.1 cm³/mol. The number of anilines is 1. The maximum absolute atomic E-state index is 12.3. The Labute approximate surface area is 113 Å². The van der Waals surface area contributed by atoms with Gasteiger partial charge in [0.15, 0.2) is 0 Å². The van der Waals surface area contributed by atoms with Crippen molar-refractivity contribution < 1.29 is 4.79 Å². The summed E-state index contributed by atoms with van der Waals surface area (Å²) >= 11 is 0. The van der Waals surface area contributed by atoms with E-state index >= 15 is 0 Å². The fraction of sp³-hybridized carbons (Fsp3) is 0.333. The highest BCUT2D eigenvalue weighted by Gasteiger charge is 2.40. The number of carbonyl (C=O) groups is 1. The van der Waals surface area contributed by atoms with Crippen molar-refractivity contribution in [2.75, 3.05) is 11.9 Å². The SMILES string of the molecule is C/C=C/CN1C(=O)C(C)(C)N=C1Nc1ccccc1. The van der Waals surface area contributed by atoms with Gasteiger partial charge < -0.3 is 5.32 Å². The van der Waals surface area contributed by atoms with Gasteiger partial charge in [-0.15, -0.1) is 0 Å². The first kappa shape index (κ1) is 13.3. The molecule has 0 atom stereocenters. The number of hydrogen-bond acceptors (Lipinski definition) is 3. The molecule has 0 bridgehead atoms. The first-order valence-electron chi connectivity index (χ1n) is 6.39. The number of amides is 1. The minimum absolute atomic E-state index is 0.0176. The molecule has 0 saturated heterocycles. The maximum atomic E-state index is 12.3. The van der Waals surface area contributed by atoms with E-state index in [0.717, 1.165) is 5.69 Å². The lowest BCUT2D eigenvalue weighted by Gasteiger charge is -2.19. The van der Waals surface area contributed by atoms with Crippen LogP contribution in [0.25, 0.3) is 0 Å². The fourth-order valence-corrected chi connectivity index (χ4v) is 1.93. The van der Waals surface area contributed by atoms with E-state index in [1.54, 1.807) is 4.90 Å². The van der Waals surface area contributed by atoms with Crippen molar-refractivity contribution in [1.82, 2.24) is 4.90 Å². The van der Waals surface area contributed by atoms with Crippen LogP contribution in [-0.4, -0.2) is 28.9 Å². The maximum Gasteiger partial charge on any atom is 0.257 e. The molecule has 0 radical (unpaired) electrons. The van der Waals surface area contributed by atoms with Crippen molar-refractivity contribution in [3.05, 3.63) is 42.5 Å². The summed E-state index contributed by atoms with van der Waals surface area (Å²) in [6, 6.07) is 9.74. The second-order valence-electron chi connectivity index (χ2n) is 4.97. The Balaban J connectivity index is 2.22. The van der Waals surface area contributed by atoms with Gasteiger partial charge in [-0.1, -0.05) is 30.4 Å². The van der Waals surface area contributed by atoms with Gasteiger partial charge in [0.25, 0.3) is 5.91 Å². The Hall–Kier alpha value is -2.10. The number of para-hydroxylation sites is 1. The topological polar surface area (TPSA) is 44.7 Å². The summed E-state index contributed by atoms with van der Waals surface area (Å²) < 4.78 is 0. The minimum Gasteiger partial charge on any atom is -0.326 e. The zero-order chi connectivity index (χ0) is 13.9. The molecule has 2 rings (SSSR count). The van der Waals surface area contributed by atoms with Crippen LogP contribution in [0.5, 0.6) is 0 Å². The van der Waals surface area contributed by atoms with E-state index < -0.39 is 5.54 Å². The average Bonchev–Trinajstić information content (AvgIpc) is 2.59. The molecular formula is C15H19N3O. The summed E-state index contributed by atoms with van der Waals surface area (Å²) in [6.45, 7) is 6.14. The van der Waals surface area contributed by atoms with E-state index in [4.69, 9.17) is 0 Å². The summed E-state index contributed by atoms with van der Waals surface area (Å²) in [5.41, 5.74) is 0.232. The second kappa shape index (κ2) is 5.26. The van der Waals surface area contributed by atoms with Crippen LogP contribution >= 0.6 is 0 Å². The summed E-state index contributed by atoms with van der Waals surface area (Å²) in [4.78, 5) is 18.4. The van der Waals surface area contributed by atoms with Crippen molar-refractivity contribution in [3.63, 3.8) is 0 Å². The third-order valence-electron chi connectivity index (χ3n) is 2.96. The third kappa shape index (κ3) is 2.84. The number of hydrogen-bond donors (Lipinski definition) is 1. The van der Waals surface area contributed by atoms with Gasteiger partial charge in [0.05, 0.1) is 0 Å². The van der Waals surface area contributed by atoms with Crippen LogP contribution in [-0.2, 0) is 4.79 Å². The van der Waals surface area contributed by atoms with E-state index in [1.807, 2.05) is 63.3 Å². The Bertz CT molecular complexity index is 517. The number of benzene rings is 1. The van der Waals surface area contributed by atoms with Gasteiger partial charge >= 0.3 is 0 Å². The molecule has 4 nitrogen and oxygen atoms in total. The molecule has 1 heterocycles. The molecule has 0 aliphatic carbocycles. The van der Waals surface area contributed by atoms with Crippen molar-refractivity contribution in [1.29, 1.82) is 0 Å². The molecule has 0 saturated carbocycles. The van der Waals surface area contributed by atoms with Crippen LogP contribution in [0.15, 0.2) is 47.5 Å². The van der Waals surface area contributed by atoms with Crippen molar-refractivity contribution in [2.24, 2.45) is 4.99 Å². The van der Waals surface area contributed by atoms with Crippen LogP contribution in [0.3, 0.4) is 0 Å². The Morgan fingerprint density at radius 2 is 2.00 bits per heavy atom. The molecule has 1 aromatic carbocycles. The molecule has 0 aromatic heterocycles. The van der Waals surface area contributed by atoms with Crippen molar-refractivity contribution in [2.45, 2.75) is 26.3 Å². The number of rotatable bonds is 3. The predicted octanol–water partition coefficient (Wildman–Crippen LogP) is 2.65. The molecule has 1 aliphatic rings. The van der Waals surface area contributed by atoms with E-state index in [2.05, 4.69) is 10.3 Å². The van der Waals surface area contributed by atoms with Crippen LogP contribution in [0.1, 0.15) is 20.8 Å². The summed E-state index contributed by atoms with van der Waals surface area (Å²) in [5, 5.41) is 3.21. The van der Waals surface area contributed by atoms with Crippen LogP contribution in [0.4, 0.5) is 5.69 Å². The largest absolute Gasteiger partial charge is 0.326 e. The van der Waals surface area contributed by atoms with Crippen LogP contribution < -0.4 is 5.32 Å². The Kier molecular flexibility index (Phi) is 3.69. The lowest BCUT2D eigenvalue weighted by atomic mass is 10.1. The molecule has 1 aromatic rings. The van der Waals surface area contributed by atoms with E-state index in [0.29, 0.717) is 12.5 Å². The highest BCUT2D eigenvalue weighted by Crippen LogP contribution is 2.22. The van der Waals surface area contributed by atoms with Gasteiger partial charge in [-0.3, -0.25) is 9.69 Å². The molecular weight excluding hydrogens is 238 g/mol. The number of carbonyl (C=O) groups excluding carboxylic acids is 1. The van der Waals surface area contributed by atoms with Gasteiger partial charge in [-0.05, 0) is 32.9 Å². The third-order valence-corrected chi connectivity index (χ3v) is 2.96. The molecule has 19 heavy (non-hydrogen) atoms. The normalized spacial score (nSPS) is 17.9. The summed E-state index contributed by atoms with van der Waals surface area (Å²) in [6.07, 6.45) is 3.88. The standard InChI is InChI=1S/C15H19N3O/c1-4-5-11-18-13(19)15(2,3)17-14(18)16-12-9-7-6-8-10-12/h4-10H,11H2,1-3H3,(H,16,17)/b5-4+. The monoisotopic (exact) mass is 257 g/mol. The van der Waals surface area contributed by atoms with Gasteiger partial charge in [0.1, 0.15) is 5.54 Å². The number of nitrogens with zero attached hydrogens (tertiary/aromatic N) is 2. The van der Waals surface area contributed by atoms with Crippen molar-refractivity contribution in [3.8, 4) is 0 Å². The molecule has 1 aliphatic heterocycles. The van der Waals surface area contributed by atoms with Crippen molar-refractivity contribution >= 4 is 17.6 Å². The quantitative estimate of drug-likeness (QED) is 0.846. The lowest BCUT2D eigenvalue weighted by Crippen LogP contribution is -2.41. The number of guanidine groups is 1. The first-order chi connectivity index (χ1) is 9.04. The molecule has 100 valence electrons. The van der Waals surface area contributed by atoms with Gasteiger partial charge in [-0.2, -0.15) is 0 Å². The van der Waals surface area contributed by atoms with E-state index in [9.17, 15) is 4.79 Å². The minimum atomic E-state index is -0.696. The highest BCUT2D eigenvalue weighted by molar-refractivity contribution is 6.12.